The Bertz CT molecular complexity index is 1080. The standard InChI is InChI=1S/C20H18FN6/c21-15-5-7-16(8-6-15)27-18-4-2-10-25(19(18)13-24-27)11-12-26-14-23-17-3-1-9-22-20(17)26/h1,3,5-9,11,13-14H,2,4,10,12H2. The van der Waals surface area contributed by atoms with Gasteiger partial charge in [-0.05, 0) is 49.2 Å². The van der Waals surface area contributed by atoms with Crippen molar-refractivity contribution in [2.75, 3.05) is 11.4 Å². The molecule has 135 valence electrons. The maximum absolute atomic E-state index is 13.2. The third-order valence-corrected chi connectivity index (χ3v) is 4.91. The third kappa shape index (κ3) is 2.85. The highest BCUT2D eigenvalue weighted by molar-refractivity contribution is 5.70. The van der Waals surface area contributed by atoms with Crippen LogP contribution in [0.2, 0.25) is 0 Å². The first kappa shape index (κ1) is 16.0. The number of benzene rings is 1. The number of hydrogen-bond acceptors (Lipinski definition) is 4. The van der Waals surface area contributed by atoms with E-state index in [2.05, 4.69) is 26.5 Å². The lowest BCUT2D eigenvalue weighted by Crippen LogP contribution is -2.28. The number of hydrogen-bond donors (Lipinski definition) is 0. The zero-order valence-electron chi connectivity index (χ0n) is 14.7. The van der Waals surface area contributed by atoms with Crippen molar-refractivity contribution >= 4 is 16.9 Å². The lowest BCUT2D eigenvalue weighted by atomic mass is 10.1. The molecule has 0 saturated heterocycles. The smallest absolute Gasteiger partial charge is 0.159 e. The van der Waals surface area contributed by atoms with Gasteiger partial charge in [0.1, 0.15) is 11.3 Å². The van der Waals surface area contributed by atoms with Crippen molar-refractivity contribution in [1.82, 2.24) is 24.3 Å². The fraction of sp³-hybridized carbons (Fsp3) is 0.200. The maximum Gasteiger partial charge on any atom is 0.159 e. The second-order valence-electron chi connectivity index (χ2n) is 6.59. The molecule has 0 unspecified atom stereocenters. The molecule has 7 heteroatoms. The van der Waals surface area contributed by atoms with Crippen molar-refractivity contribution in [3.05, 3.63) is 73.2 Å². The van der Waals surface area contributed by atoms with Crippen molar-refractivity contribution in [2.45, 2.75) is 19.4 Å². The quantitative estimate of drug-likeness (QED) is 0.559. The van der Waals surface area contributed by atoms with Crippen LogP contribution in [0.15, 0.2) is 55.1 Å². The normalized spacial score (nSPS) is 13.9. The minimum absolute atomic E-state index is 0.240. The summed E-state index contributed by atoms with van der Waals surface area (Å²) in [5.74, 6) is -0.240. The van der Waals surface area contributed by atoms with Gasteiger partial charge in [-0.2, -0.15) is 5.10 Å². The molecule has 0 aliphatic carbocycles. The Kier molecular flexibility index (Phi) is 3.85. The Morgan fingerprint density at radius 1 is 1.11 bits per heavy atom. The summed E-state index contributed by atoms with van der Waals surface area (Å²) in [5, 5.41) is 4.54. The van der Waals surface area contributed by atoms with E-state index in [4.69, 9.17) is 0 Å². The molecule has 3 aromatic heterocycles. The first-order valence-electron chi connectivity index (χ1n) is 8.98. The molecule has 0 N–H and O–H groups in total. The van der Waals surface area contributed by atoms with Crippen LogP contribution >= 0.6 is 0 Å². The van der Waals surface area contributed by atoms with Crippen LogP contribution in [0.3, 0.4) is 0 Å². The Morgan fingerprint density at radius 2 is 2.00 bits per heavy atom. The van der Waals surface area contributed by atoms with Crippen LogP contribution in [0.1, 0.15) is 12.1 Å². The summed E-state index contributed by atoms with van der Waals surface area (Å²) in [7, 11) is 0. The SMILES string of the molecule is Fc1ccc(-n2ncc3c2CCCN3[CH]Cn2cnc3cccnc32)cc1. The number of rotatable bonds is 4. The topological polar surface area (TPSA) is 51.8 Å². The Balaban J connectivity index is 1.39. The molecule has 4 heterocycles. The van der Waals surface area contributed by atoms with E-state index in [0.29, 0.717) is 6.54 Å². The average Bonchev–Trinajstić information content (AvgIpc) is 3.32. The fourth-order valence-corrected chi connectivity index (χ4v) is 3.59. The van der Waals surface area contributed by atoms with Gasteiger partial charge < -0.3 is 9.47 Å². The predicted molar refractivity (Wildman–Crippen MR) is 101 cm³/mol. The van der Waals surface area contributed by atoms with Gasteiger partial charge in [-0.15, -0.1) is 0 Å². The molecule has 1 aliphatic rings. The average molecular weight is 361 g/mol. The van der Waals surface area contributed by atoms with Gasteiger partial charge in [0.05, 0.1) is 36.1 Å². The molecule has 5 rings (SSSR count). The van der Waals surface area contributed by atoms with E-state index in [0.717, 1.165) is 47.6 Å². The highest BCUT2D eigenvalue weighted by Gasteiger charge is 2.22. The maximum atomic E-state index is 13.2. The molecule has 0 saturated carbocycles. The van der Waals surface area contributed by atoms with Gasteiger partial charge in [0.2, 0.25) is 0 Å². The first-order chi connectivity index (χ1) is 13.3. The summed E-state index contributed by atoms with van der Waals surface area (Å²) in [6, 6.07) is 10.3. The molecule has 1 radical (unpaired) electrons. The van der Waals surface area contributed by atoms with Crippen LogP contribution < -0.4 is 4.90 Å². The lowest BCUT2D eigenvalue weighted by molar-refractivity contribution is 0.626. The summed E-state index contributed by atoms with van der Waals surface area (Å²) < 4.78 is 17.2. The number of halogens is 1. The van der Waals surface area contributed by atoms with E-state index in [-0.39, 0.29) is 5.82 Å². The first-order valence-corrected chi connectivity index (χ1v) is 8.98. The highest BCUT2D eigenvalue weighted by atomic mass is 19.1. The Hall–Kier alpha value is -3.22. The van der Waals surface area contributed by atoms with Crippen molar-refractivity contribution < 1.29 is 4.39 Å². The van der Waals surface area contributed by atoms with Crippen molar-refractivity contribution in [3.63, 3.8) is 0 Å². The van der Waals surface area contributed by atoms with Gasteiger partial charge in [-0.25, -0.2) is 19.0 Å². The highest BCUT2D eigenvalue weighted by Crippen LogP contribution is 2.30. The van der Waals surface area contributed by atoms with Gasteiger partial charge in [0.15, 0.2) is 5.65 Å². The van der Waals surface area contributed by atoms with Crippen molar-refractivity contribution in [3.8, 4) is 5.69 Å². The van der Waals surface area contributed by atoms with E-state index in [1.807, 2.05) is 33.9 Å². The van der Waals surface area contributed by atoms with Crippen LogP contribution in [0.4, 0.5) is 10.1 Å². The molecular formula is C20H18FN6. The minimum atomic E-state index is -0.240. The zero-order chi connectivity index (χ0) is 18.2. The molecule has 1 aliphatic heterocycles. The van der Waals surface area contributed by atoms with E-state index in [9.17, 15) is 4.39 Å². The molecule has 0 atom stereocenters. The fourth-order valence-electron chi connectivity index (χ4n) is 3.59. The van der Waals surface area contributed by atoms with Gasteiger partial charge in [-0.3, -0.25) is 0 Å². The molecule has 6 nitrogen and oxygen atoms in total. The predicted octanol–water partition coefficient (Wildman–Crippen LogP) is 3.37. The summed E-state index contributed by atoms with van der Waals surface area (Å²) in [5.41, 5.74) is 4.91. The van der Waals surface area contributed by atoms with Crippen LogP contribution in [0.25, 0.3) is 16.9 Å². The molecular weight excluding hydrogens is 343 g/mol. The van der Waals surface area contributed by atoms with Gasteiger partial charge in [0.25, 0.3) is 0 Å². The van der Waals surface area contributed by atoms with Crippen LogP contribution in [-0.4, -0.2) is 30.9 Å². The largest absolute Gasteiger partial charge is 0.362 e. The van der Waals surface area contributed by atoms with E-state index in [1.54, 1.807) is 18.3 Å². The molecule has 1 aromatic carbocycles. The summed E-state index contributed by atoms with van der Waals surface area (Å²) >= 11 is 0. The molecule has 27 heavy (non-hydrogen) atoms. The molecule has 0 spiro atoms. The Morgan fingerprint density at radius 3 is 2.89 bits per heavy atom. The van der Waals surface area contributed by atoms with Crippen LogP contribution in [-0.2, 0) is 13.0 Å². The summed E-state index contributed by atoms with van der Waals surface area (Å²) in [6.45, 7) is 3.79. The monoisotopic (exact) mass is 361 g/mol. The third-order valence-electron chi connectivity index (χ3n) is 4.91. The Labute approximate surface area is 155 Å². The van der Waals surface area contributed by atoms with Gasteiger partial charge in [-0.1, -0.05) is 0 Å². The lowest BCUT2D eigenvalue weighted by Gasteiger charge is -2.28. The zero-order valence-corrected chi connectivity index (χ0v) is 14.7. The summed E-state index contributed by atoms with van der Waals surface area (Å²) in [4.78, 5) is 11.0. The van der Waals surface area contributed by atoms with Crippen molar-refractivity contribution in [2.24, 2.45) is 0 Å². The van der Waals surface area contributed by atoms with Gasteiger partial charge >= 0.3 is 0 Å². The number of nitrogens with zero attached hydrogens (tertiary/aromatic N) is 6. The van der Waals surface area contributed by atoms with Crippen LogP contribution in [0.5, 0.6) is 0 Å². The summed E-state index contributed by atoms with van der Waals surface area (Å²) in [6.07, 6.45) is 7.48. The van der Waals surface area contributed by atoms with Gasteiger partial charge in [0, 0.05) is 19.3 Å². The molecule has 0 fully saturated rings. The number of fused-ring (bicyclic) bond motifs is 2. The van der Waals surface area contributed by atoms with E-state index >= 15 is 0 Å². The number of imidazole rings is 1. The van der Waals surface area contributed by atoms with Crippen LogP contribution in [0, 0.1) is 12.4 Å². The molecule has 4 aromatic rings. The number of pyridine rings is 1. The van der Waals surface area contributed by atoms with Crippen molar-refractivity contribution in [1.29, 1.82) is 0 Å². The molecule has 0 bridgehead atoms. The van der Waals surface area contributed by atoms with E-state index in [1.165, 1.54) is 12.1 Å². The second kappa shape index (κ2) is 6.50. The second-order valence-corrected chi connectivity index (χ2v) is 6.59. The molecule has 0 amide bonds. The van der Waals surface area contributed by atoms with E-state index < -0.39 is 0 Å². The number of anilines is 1. The minimum Gasteiger partial charge on any atom is -0.362 e. The number of aromatic nitrogens is 5.